The molecule has 11 heteroatoms. The molecule has 0 atom stereocenters. The van der Waals surface area contributed by atoms with E-state index < -0.39 is 40.5 Å². The molecule has 0 radical (unpaired) electrons. The van der Waals surface area contributed by atoms with Gasteiger partial charge >= 0.3 is 0 Å². The van der Waals surface area contributed by atoms with Crippen LogP contribution in [0.2, 0.25) is 5.02 Å². The van der Waals surface area contributed by atoms with Crippen molar-refractivity contribution in [1.82, 2.24) is 8.75 Å². The standard InChI is InChI=1S/C14H6ClF4N3O2S/c1-24-13-9(18)7(16)6(8(17)10(13)19)14(23)20-11-4(15)2-3-5-12(11)22-25-21-5/h2-3H,1H3,(H,20,23). The Morgan fingerprint density at radius 3 is 2.36 bits per heavy atom. The van der Waals surface area contributed by atoms with Gasteiger partial charge in [0.25, 0.3) is 5.91 Å². The van der Waals surface area contributed by atoms with Crippen LogP contribution in [0.5, 0.6) is 5.75 Å². The molecule has 1 amide bonds. The summed E-state index contributed by atoms with van der Waals surface area (Å²) in [4.78, 5) is 12.2. The normalized spacial score (nSPS) is 11.0. The molecule has 0 aliphatic carbocycles. The van der Waals surface area contributed by atoms with E-state index in [0.29, 0.717) is 5.52 Å². The molecule has 5 nitrogen and oxygen atoms in total. The number of halogens is 5. The Labute approximate surface area is 146 Å². The third kappa shape index (κ3) is 2.76. The Morgan fingerprint density at radius 1 is 1.12 bits per heavy atom. The van der Waals surface area contributed by atoms with E-state index in [1.165, 1.54) is 12.1 Å². The minimum Gasteiger partial charge on any atom is -0.491 e. The molecule has 2 aromatic carbocycles. The minimum atomic E-state index is -1.90. The number of hydrogen-bond donors (Lipinski definition) is 1. The number of nitrogens with zero attached hydrogens (tertiary/aromatic N) is 2. The van der Waals surface area contributed by atoms with Gasteiger partial charge in [0.05, 0.1) is 29.5 Å². The fraction of sp³-hybridized carbons (Fsp3) is 0.0714. The van der Waals surface area contributed by atoms with Crippen molar-refractivity contribution in [2.45, 2.75) is 0 Å². The van der Waals surface area contributed by atoms with Crippen LogP contribution in [-0.2, 0) is 0 Å². The lowest BCUT2D eigenvalue weighted by molar-refractivity contribution is 0.101. The number of rotatable bonds is 3. The summed E-state index contributed by atoms with van der Waals surface area (Å²) in [7, 11) is 0.829. The first-order chi connectivity index (χ1) is 11.9. The molecular formula is C14H6ClF4N3O2S. The van der Waals surface area contributed by atoms with Crippen molar-refractivity contribution in [1.29, 1.82) is 0 Å². The van der Waals surface area contributed by atoms with Gasteiger partial charge in [-0.15, -0.1) is 0 Å². The fourth-order valence-electron chi connectivity index (χ4n) is 2.11. The molecule has 1 heterocycles. The van der Waals surface area contributed by atoms with Crippen LogP contribution in [0.4, 0.5) is 23.2 Å². The van der Waals surface area contributed by atoms with Gasteiger partial charge in [-0.2, -0.15) is 17.5 Å². The van der Waals surface area contributed by atoms with Gasteiger partial charge in [0.1, 0.15) is 16.6 Å². The fourth-order valence-corrected chi connectivity index (χ4v) is 2.85. The molecule has 0 saturated heterocycles. The second-order valence-corrected chi connectivity index (χ2v) is 5.61. The van der Waals surface area contributed by atoms with Crippen LogP contribution in [0, 0.1) is 23.3 Å². The van der Waals surface area contributed by atoms with Gasteiger partial charge in [-0.3, -0.25) is 4.79 Å². The molecule has 0 saturated carbocycles. The van der Waals surface area contributed by atoms with Gasteiger partial charge in [0.15, 0.2) is 17.4 Å². The lowest BCUT2D eigenvalue weighted by atomic mass is 10.1. The first kappa shape index (κ1) is 17.4. The number of amides is 1. The Balaban J connectivity index is 2.11. The van der Waals surface area contributed by atoms with Gasteiger partial charge in [-0.05, 0) is 12.1 Å². The van der Waals surface area contributed by atoms with Crippen LogP contribution >= 0.6 is 23.3 Å². The van der Waals surface area contributed by atoms with E-state index in [-0.39, 0.29) is 16.2 Å². The van der Waals surface area contributed by atoms with Crippen LogP contribution in [-0.4, -0.2) is 21.8 Å². The van der Waals surface area contributed by atoms with Gasteiger partial charge in [-0.1, -0.05) is 11.6 Å². The Morgan fingerprint density at radius 2 is 1.76 bits per heavy atom. The first-order valence-electron chi connectivity index (χ1n) is 6.48. The van der Waals surface area contributed by atoms with E-state index in [0.717, 1.165) is 18.8 Å². The number of carbonyl (C=O) groups is 1. The highest BCUT2D eigenvalue weighted by Crippen LogP contribution is 2.33. The smallest absolute Gasteiger partial charge is 0.261 e. The molecule has 1 N–H and O–H groups in total. The first-order valence-corrected chi connectivity index (χ1v) is 7.59. The average Bonchev–Trinajstić information content (AvgIpc) is 3.05. The number of hydrogen-bond acceptors (Lipinski definition) is 5. The van der Waals surface area contributed by atoms with Crippen molar-refractivity contribution in [3.8, 4) is 5.75 Å². The summed E-state index contributed by atoms with van der Waals surface area (Å²) in [5.74, 6) is -10.2. The molecule has 25 heavy (non-hydrogen) atoms. The predicted octanol–water partition coefficient (Wildman–Crippen LogP) is 4.16. The summed E-state index contributed by atoms with van der Waals surface area (Å²) in [6, 6.07) is 2.90. The van der Waals surface area contributed by atoms with E-state index in [1.807, 2.05) is 0 Å². The minimum absolute atomic E-state index is 0.00354. The number of carbonyl (C=O) groups excluding carboxylic acids is 1. The summed E-state index contributed by atoms with van der Waals surface area (Å²) in [6.45, 7) is 0. The molecule has 0 fully saturated rings. The van der Waals surface area contributed by atoms with Crippen LogP contribution in [0.3, 0.4) is 0 Å². The number of benzene rings is 2. The highest BCUT2D eigenvalue weighted by molar-refractivity contribution is 7.00. The van der Waals surface area contributed by atoms with Crippen molar-refractivity contribution in [2.24, 2.45) is 0 Å². The molecule has 0 spiro atoms. The van der Waals surface area contributed by atoms with Crippen molar-refractivity contribution in [3.05, 3.63) is 46.0 Å². The highest BCUT2D eigenvalue weighted by atomic mass is 35.5. The van der Waals surface area contributed by atoms with Crippen LogP contribution < -0.4 is 10.1 Å². The van der Waals surface area contributed by atoms with E-state index in [2.05, 4.69) is 18.8 Å². The van der Waals surface area contributed by atoms with Crippen molar-refractivity contribution in [3.63, 3.8) is 0 Å². The summed E-state index contributed by atoms with van der Waals surface area (Å²) in [5, 5.41) is 2.11. The number of anilines is 1. The molecule has 0 bridgehead atoms. The van der Waals surface area contributed by atoms with E-state index in [4.69, 9.17) is 11.6 Å². The topological polar surface area (TPSA) is 64.1 Å². The van der Waals surface area contributed by atoms with Crippen LogP contribution in [0.15, 0.2) is 12.1 Å². The second kappa shape index (κ2) is 6.45. The van der Waals surface area contributed by atoms with Gasteiger partial charge in [-0.25, -0.2) is 8.78 Å². The highest BCUT2D eigenvalue weighted by Gasteiger charge is 2.30. The summed E-state index contributed by atoms with van der Waals surface area (Å²) < 4.78 is 67.6. The molecular weight excluding hydrogens is 386 g/mol. The van der Waals surface area contributed by atoms with Crippen molar-refractivity contribution >= 4 is 46.0 Å². The second-order valence-electron chi connectivity index (χ2n) is 4.67. The molecule has 0 aliphatic rings. The van der Waals surface area contributed by atoms with Gasteiger partial charge in [0.2, 0.25) is 11.6 Å². The number of nitrogens with one attached hydrogen (secondary N) is 1. The van der Waals surface area contributed by atoms with Crippen LogP contribution in [0.25, 0.3) is 11.0 Å². The van der Waals surface area contributed by atoms with E-state index >= 15 is 0 Å². The molecule has 0 unspecified atom stereocenters. The van der Waals surface area contributed by atoms with E-state index in [1.54, 1.807) is 0 Å². The molecule has 130 valence electrons. The zero-order valence-corrected chi connectivity index (χ0v) is 13.7. The summed E-state index contributed by atoms with van der Waals surface area (Å²) >= 11 is 6.77. The number of fused-ring (bicyclic) bond motifs is 1. The van der Waals surface area contributed by atoms with Gasteiger partial charge < -0.3 is 10.1 Å². The molecule has 0 aliphatic heterocycles. The SMILES string of the molecule is COc1c(F)c(F)c(C(=O)Nc2c(Cl)ccc3nsnc23)c(F)c1F. The zero-order valence-electron chi connectivity index (χ0n) is 12.2. The maximum atomic E-state index is 14.0. The monoisotopic (exact) mass is 391 g/mol. The summed E-state index contributed by atoms with van der Waals surface area (Å²) in [5.41, 5.74) is -1.00. The predicted molar refractivity (Wildman–Crippen MR) is 83.2 cm³/mol. The Bertz CT molecular complexity index is 982. The van der Waals surface area contributed by atoms with Crippen LogP contribution in [0.1, 0.15) is 10.4 Å². The Kier molecular flexibility index (Phi) is 4.48. The lowest BCUT2D eigenvalue weighted by Gasteiger charge is -2.12. The lowest BCUT2D eigenvalue weighted by Crippen LogP contribution is -2.19. The van der Waals surface area contributed by atoms with Crippen molar-refractivity contribution in [2.75, 3.05) is 12.4 Å². The zero-order chi connectivity index (χ0) is 18.3. The maximum absolute atomic E-state index is 14.0. The maximum Gasteiger partial charge on any atom is 0.261 e. The largest absolute Gasteiger partial charge is 0.491 e. The number of aromatic nitrogens is 2. The van der Waals surface area contributed by atoms with Crippen molar-refractivity contribution < 1.29 is 27.1 Å². The molecule has 3 rings (SSSR count). The molecule has 1 aromatic heterocycles. The molecule has 3 aromatic rings. The number of ether oxygens (including phenoxy) is 1. The quantitative estimate of drug-likeness (QED) is 0.538. The Hall–Kier alpha value is -2.46. The van der Waals surface area contributed by atoms with E-state index in [9.17, 15) is 22.4 Å². The van der Waals surface area contributed by atoms with Gasteiger partial charge in [0, 0.05) is 0 Å². The third-order valence-corrected chi connectivity index (χ3v) is 4.13. The number of methoxy groups -OCH3 is 1. The average molecular weight is 392 g/mol. The third-order valence-electron chi connectivity index (χ3n) is 3.27. The summed E-state index contributed by atoms with van der Waals surface area (Å²) in [6.07, 6.45) is 0.